The van der Waals surface area contributed by atoms with Crippen molar-refractivity contribution in [3.05, 3.63) is 59.7 Å². The minimum Gasteiger partial charge on any atom is -0.378 e. The molecular weight excluding hydrogens is 370 g/mol. The van der Waals surface area contributed by atoms with E-state index in [1.165, 1.54) is 16.8 Å². The number of carbonyl (C=O) groups excluding carboxylic acids is 1. The second-order valence-electron chi connectivity index (χ2n) is 8.30. The summed E-state index contributed by atoms with van der Waals surface area (Å²) in [6.45, 7) is 5.26. The molecule has 0 unspecified atom stereocenters. The molecule has 2 aromatic carbocycles. The molecule has 150 valence electrons. The number of fused-ring (bicyclic) bond motifs is 1. The lowest BCUT2D eigenvalue weighted by Gasteiger charge is -2.32. The molecule has 0 aliphatic carbocycles. The number of halogens is 1. The second kappa shape index (κ2) is 8.44. The van der Waals surface area contributed by atoms with Gasteiger partial charge < -0.3 is 15.1 Å². The fourth-order valence-electron chi connectivity index (χ4n) is 3.58. The van der Waals surface area contributed by atoms with E-state index >= 15 is 0 Å². The van der Waals surface area contributed by atoms with Gasteiger partial charge in [0.05, 0.1) is 11.5 Å². The van der Waals surface area contributed by atoms with Gasteiger partial charge in [0.15, 0.2) is 0 Å². The van der Waals surface area contributed by atoms with E-state index in [0.29, 0.717) is 12.4 Å². The van der Waals surface area contributed by atoms with Crippen molar-refractivity contribution in [1.82, 2.24) is 5.32 Å². The first kappa shape index (κ1) is 20.5. The van der Waals surface area contributed by atoms with Crippen LogP contribution < -0.4 is 15.1 Å². The Morgan fingerprint density at radius 3 is 2.50 bits per heavy atom. The summed E-state index contributed by atoms with van der Waals surface area (Å²) < 4.78 is 0. The van der Waals surface area contributed by atoms with Crippen molar-refractivity contribution in [3.63, 3.8) is 0 Å². The lowest BCUT2D eigenvalue weighted by molar-refractivity contribution is -0.128. The summed E-state index contributed by atoms with van der Waals surface area (Å²) >= 11 is 5.99. The van der Waals surface area contributed by atoms with Crippen LogP contribution >= 0.6 is 11.6 Å². The summed E-state index contributed by atoms with van der Waals surface area (Å²) in [5.41, 5.74) is 4.41. The van der Waals surface area contributed by atoms with Crippen molar-refractivity contribution in [2.45, 2.75) is 26.3 Å². The Hall–Kier alpha value is -2.20. The fraction of sp³-hybridized carbons (Fsp3) is 0.435. The maximum absolute atomic E-state index is 12.6. The molecular formula is C23H30ClN3O. The number of para-hydroxylation sites is 1. The third kappa shape index (κ3) is 4.27. The molecule has 1 amide bonds. The largest absolute Gasteiger partial charge is 0.378 e. The molecule has 1 aliphatic heterocycles. The minimum atomic E-state index is -0.580. The number of hydrogen-bond donors (Lipinski definition) is 1. The zero-order valence-electron chi connectivity index (χ0n) is 17.2. The van der Waals surface area contributed by atoms with Gasteiger partial charge in [0.2, 0.25) is 5.91 Å². The highest BCUT2D eigenvalue weighted by atomic mass is 35.5. The van der Waals surface area contributed by atoms with Crippen molar-refractivity contribution in [1.29, 1.82) is 0 Å². The normalized spacial score (nSPS) is 14.5. The van der Waals surface area contributed by atoms with Gasteiger partial charge in [0, 0.05) is 44.4 Å². The fourth-order valence-corrected chi connectivity index (χ4v) is 3.70. The Kier molecular flexibility index (Phi) is 6.19. The molecule has 28 heavy (non-hydrogen) atoms. The van der Waals surface area contributed by atoms with Gasteiger partial charge in [-0.15, -0.1) is 11.6 Å². The van der Waals surface area contributed by atoms with Crippen LogP contribution in [0.4, 0.5) is 11.4 Å². The van der Waals surface area contributed by atoms with E-state index in [2.05, 4.69) is 63.6 Å². The summed E-state index contributed by atoms with van der Waals surface area (Å²) in [5.74, 6) is 0.290. The molecule has 3 rings (SSSR count). The van der Waals surface area contributed by atoms with E-state index in [0.717, 1.165) is 18.7 Å². The van der Waals surface area contributed by atoms with E-state index in [1.807, 2.05) is 27.9 Å². The summed E-state index contributed by atoms with van der Waals surface area (Å²) in [4.78, 5) is 17.1. The van der Waals surface area contributed by atoms with Crippen molar-refractivity contribution in [2.75, 3.05) is 42.9 Å². The monoisotopic (exact) mass is 399 g/mol. The smallest absolute Gasteiger partial charge is 0.226 e. The zero-order chi connectivity index (χ0) is 20.3. The van der Waals surface area contributed by atoms with Crippen molar-refractivity contribution >= 4 is 28.9 Å². The predicted octanol–water partition coefficient (Wildman–Crippen LogP) is 4.24. The van der Waals surface area contributed by atoms with E-state index in [4.69, 9.17) is 11.6 Å². The first-order valence-corrected chi connectivity index (χ1v) is 10.3. The van der Waals surface area contributed by atoms with Crippen LogP contribution in [0.25, 0.3) is 0 Å². The van der Waals surface area contributed by atoms with Gasteiger partial charge in [0.25, 0.3) is 0 Å². The molecule has 0 saturated heterocycles. The van der Waals surface area contributed by atoms with E-state index in [9.17, 15) is 4.79 Å². The molecule has 0 bridgehead atoms. The molecule has 4 nitrogen and oxygen atoms in total. The van der Waals surface area contributed by atoms with E-state index < -0.39 is 5.41 Å². The van der Waals surface area contributed by atoms with Crippen LogP contribution in [-0.4, -0.2) is 39.0 Å². The number of hydrogen-bond acceptors (Lipinski definition) is 3. The van der Waals surface area contributed by atoms with E-state index in [-0.39, 0.29) is 11.9 Å². The van der Waals surface area contributed by atoms with Crippen LogP contribution in [0.2, 0.25) is 0 Å². The molecule has 5 heteroatoms. The Labute approximate surface area is 173 Å². The van der Waals surface area contributed by atoms with Gasteiger partial charge in [-0.05, 0) is 49.6 Å². The molecule has 0 radical (unpaired) electrons. The maximum atomic E-state index is 12.6. The van der Waals surface area contributed by atoms with Crippen molar-refractivity contribution in [3.8, 4) is 0 Å². The van der Waals surface area contributed by atoms with Crippen molar-refractivity contribution in [2.24, 2.45) is 5.41 Å². The number of nitrogens with one attached hydrogen (secondary N) is 1. The highest BCUT2D eigenvalue weighted by Gasteiger charge is 2.30. The average molecular weight is 400 g/mol. The molecule has 1 N–H and O–H groups in total. The first-order valence-electron chi connectivity index (χ1n) is 9.79. The third-order valence-corrected chi connectivity index (χ3v) is 6.17. The van der Waals surface area contributed by atoms with Crippen LogP contribution in [0.1, 0.15) is 31.0 Å². The SMILES string of the molecule is CN(C)c1ccc([C@H](CNC(=O)C(C)(C)CCl)N2CCc3ccccc32)cc1. The summed E-state index contributed by atoms with van der Waals surface area (Å²) in [6.07, 6.45) is 1.03. The lowest BCUT2D eigenvalue weighted by atomic mass is 9.95. The summed E-state index contributed by atoms with van der Waals surface area (Å²) in [6, 6.07) is 17.2. The molecule has 0 aromatic heterocycles. The van der Waals surface area contributed by atoms with Crippen LogP contribution in [0, 0.1) is 5.41 Å². The topological polar surface area (TPSA) is 35.6 Å². The molecule has 0 fully saturated rings. The predicted molar refractivity (Wildman–Crippen MR) is 119 cm³/mol. The molecule has 1 heterocycles. The lowest BCUT2D eigenvalue weighted by Crippen LogP contribution is -2.43. The van der Waals surface area contributed by atoms with Crippen LogP contribution in [-0.2, 0) is 11.2 Å². The molecule has 0 spiro atoms. The highest BCUT2D eigenvalue weighted by molar-refractivity contribution is 6.19. The number of rotatable bonds is 7. The third-order valence-electron chi connectivity index (χ3n) is 5.50. The number of anilines is 2. The van der Waals surface area contributed by atoms with Gasteiger partial charge in [-0.25, -0.2) is 0 Å². The molecule has 1 atom stereocenters. The Balaban J connectivity index is 1.87. The zero-order valence-corrected chi connectivity index (χ0v) is 18.0. The number of nitrogens with zero attached hydrogens (tertiary/aromatic N) is 2. The van der Waals surface area contributed by atoms with Crippen LogP contribution in [0.5, 0.6) is 0 Å². The summed E-state index contributed by atoms with van der Waals surface area (Å²) in [7, 11) is 4.08. The van der Waals surface area contributed by atoms with Gasteiger partial charge in [-0.3, -0.25) is 4.79 Å². The highest BCUT2D eigenvalue weighted by Crippen LogP contribution is 2.35. The first-order chi connectivity index (χ1) is 13.3. The minimum absolute atomic E-state index is 0.00936. The molecule has 1 aliphatic rings. The maximum Gasteiger partial charge on any atom is 0.226 e. The molecule has 2 aromatic rings. The van der Waals surface area contributed by atoms with Gasteiger partial charge >= 0.3 is 0 Å². The van der Waals surface area contributed by atoms with E-state index in [1.54, 1.807) is 0 Å². The molecule has 0 saturated carbocycles. The Morgan fingerprint density at radius 1 is 1.18 bits per heavy atom. The number of alkyl halides is 1. The summed E-state index contributed by atoms with van der Waals surface area (Å²) in [5, 5.41) is 3.14. The van der Waals surface area contributed by atoms with Crippen molar-refractivity contribution < 1.29 is 4.79 Å². The average Bonchev–Trinajstić information content (AvgIpc) is 3.12. The second-order valence-corrected chi connectivity index (χ2v) is 8.57. The van der Waals surface area contributed by atoms with Crippen LogP contribution in [0.3, 0.4) is 0 Å². The van der Waals surface area contributed by atoms with Gasteiger partial charge in [0.1, 0.15) is 0 Å². The van der Waals surface area contributed by atoms with Gasteiger partial charge in [-0.1, -0.05) is 30.3 Å². The Bertz CT molecular complexity index is 817. The van der Waals surface area contributed by atoms with Gasteiger partial charge in [-0.2, -0.15) is 0 Å². The van der Waals surface area contributed by atoms with Crippen LogP contribution in [0.15, 0.2) is 48.5 Å². The number of benzene rings is 2. The number of carbonyl (C=O) groups is 1. The quantitative estimate of drug-likeness (QED) is 0.707. The number of amides is 1. The Morgan fingerprint density at radius 2 is 1.86 bits per heavy atom. The standard InChI is InChI=1S/C23H30ClN3O/c1-23(2,16-24)22(28)25-15-21(18-9-11-19(12-10-18)26(3)4)27-14-13-17-7-5-6-8-20(17)27/h5-12,21H,13-16H2,1-4H3,(H,25,28)/t21-/m0/s1.